The first kappa shape index (κ1) is 17.6. The lowest BCUT2D eigenvalue weighted by molar-refractivity contribution is -0.0513. The fourth-order valence-electron chi connectivity index (χ4n) is 3.29. The predicted molar refractivity (Wildman–Crippen MR) is 93.6 cm³/mol. The van der Waals surface area contributed by atoms with Crippen molar-refractivity contribution in [2.75, 3.05) is 12.3 Å². The van der Waals surface area contributed by atoms with Crippen LogP contribution in [0.15, 0.2) is 41.3 Å². The molecule has 1 aliphatic heterocycles. The summed E-state index contributed by atoms with van der Waals surface area (Å²) in [6.07, 6.45) is -4.64. The summed E-state index contributed by atoms with van der Waals surface area (Å²) in [7, 11) is 0. The lowest BCUT2D eigenvalue weighted by Crippen LogP contribution is -2.34. The Morgan fingerprint density at radius 1 is 1.30 bits per heavy atom. The Morgan fingerprint density at radius 3 is 2.70 bits per heavy atom. The van der Waals surface area contributed by atoms with Crippen LogP contribution in [-0.2, 0) is 11.3 Å². The quantitative estimate of drug-likeness (QED) is 0.577. The molecule has 0 saturated carbocycles. The molecule has 2 aromatic heterocycles. The first-order valence-electron chi connectivity index (χ1n) is 8.37. The third-order valence-corrected chi connectivity index (χ3v) is 4.63. The molecule has 0 radical (unpaired) electrons. The lowest BCUT2D eigenvalue weighted by atomic mass is 10.1. The second-order valence-electron chi connectivity index (χ2n) is 6.34. The first-order chi connectivity index (χ1) is 13.0. The number of nitrogens with two attached hydrogens (primary N) is 1. The number of ether oxygens (including phenoxy) is 1. The lowest BCUT2D eigenvalue weighted by Gasteiger charge is -2.15. The molecule has 1 aliphatic rings. The standard InChI is InChI=1S/C17H18FN5O4/c18-12-11(8-24)27-15(13(12)25)23-14-10(6-20-16(19)21-14)22(17(23)26)7-9-4-2-1-3-5-9/h1-6,11-13,15,24-25H,7-8H2,(H2,19,20,21)/t11-,12-,13-,15-/m1/s1. The summed E-state index contributed by atoms with van der Waals surface area (Å²) >= 11 is 0. The molecule has 142 valence electrons. The fourth-order valence-corrected chi connectivity index (χ4v) is 3.29. The number of rotatable bonds is 4. The van der Waals surface area contributed by atoms with Crippen molar-refractivity contribution in [3.05, 3.63) is 52.6 Å². The zero-order chi connectivity index (χ0) is 19.1. The second-order valence-corrected chi connectivity index (χ2v) is 6.34. The molecular weight excluding hydrogens is 357 g/mol. The van der Waals surface area contributed by atoms with E-state index in [1.165, 1.54) is 10.8 Å². The highest BCUT2D eigenvalue weighted by molar-refractivity contribution is 5.72. The Labute approximate surface area is 152 Å². The van der Waals surface area contributed by atoms with Crippen molar-refractivity contribution in [1.29, 1.82) is 0 Å². The number of hydrogen-bond acceptors (Lipinski definition) is 7. The van der Waals surface area contributed by atoms with Gasteiger partial charge in [-0.2, -0.15) is 4.98 Å². The maximum atomic E-state index is 14.2. The van der Waals surface area contributed by atoms with Crippen LogP contribution in [0.3, 0.4) is 0 Å². The number of anilines is 1. The molecule has 0 aliphatic carbocycles. The Bertz CT molecular complexity index is 1020. The van der Waals surface area contributed by atoms with E-state index in [1.54, 1.807) is 0 Å². The number of alkyl halides is 1. The number of fused-ring (bicyclic) bond motifs is 1. The molecule has 0 bridgehead atoms. The van der Waals surface area contributed by atoms with Gasteiger partial charge in [-0.1, -0.05) is 30.3 Å². The largest absolute Gasteiger partial charge is 0.394 e. The Kier molecular flexibility index (Phi) is 4.38. The van der Waals surface area contributed by atoms with Gasteiger partial charge in [0.2, 0.25) is 5.95 Å². The molecule has 1 fully saturated rings. The van der Waals surface area contributed by atoms with Crippen LogP contribution in [-0.4, -0.2) is 54.3 Å². The zero-order valence-corrected chi connectivity index (χ0v) is 14.1. The molecule has 4 N–H and O–H groups in total. The molecule has 27 heavy (non-hydrogen) atoms. The molecule has 1 saturated heterocycles. The minimum atomic E-state index is -1.83. The summed E-state index contributed by atoms with van der Waals surface area (Å²) in [4.78, 5) is 21.1. The smallest absolute Gasteiger partial charge is 0.332 e. The minimum absolute atomic E-state index is 0.0731. The fraction of sp³-hybridized carbons (Fsp3) is 0.353. The van der Waals surface area contributed by atoms with Crippen molar-refractivity contribution >= 4 is 17.1 Å². The van der Waals surface area contributed by atoms with Crippen LogP contribution < -0.4 is 11.4 Å². The van der Waals surface area contributed by atoms with Gasteiger partial charge in [-0.25, -0.2) is 18.7 Å². The molecule has 9 nitrogen and oxygen atoms in total. The highest BCUT2D eigenvalue weighted by Gasteiger charge is 2.46. The van der Waals surface area contributed by atoms with Crippen LogP contribution in [0.5, 0.6) is 0 Å². The topological polar surface area (TPSA) is 128 Å². The van der Waals surface area contributed by atoms with Gasteiger partial charge in [-0.15, -0.1) is 0 Å². The number of nitrogens with zero attached hydrogens (tertiary/aromatic N) is 4. The minimum Gasteiger partial charge on any atom is -0.394 e. The van der Waals surface area contributed by atoms with E-state index in [0.29, 0.717) is 5.52 Å². The van der Waals surface area contributed by atoms with Crippen molar-refractivity contribution in [2.24, 2.45) is 0 Å². The molecule has 3 aromatic rings. The van der Waals surface area contributed by atoms with Crippen LogP contribution in [0.4, 0.5) is 10.3 Å². The van der Waals surface area contributed by atoms with E-state index in [0.717, 1.165) is 10.1 Å². The first-order valence-corrected chi connectivity index (χ1v) is 8.37. The molecule has 0 unspecified atom stereocenters. The summed E-state index contributed by atoms with van der Waals surface area (Å²) < 4.78 is 22.0. The maximum absolute atomic E-state index is 14.2. The number of aliphatic hydroxyl groups excluding tert-OH is 2. The van der Waals surface area contributed by atoms with E-state index in [1.807, 2.05) is 30.3 Å². The van der Waals surface area contributed by atoms with Gasteiger partial charge >= 0.3 is 5.69 Å². The predicted octanol–water partition coefficient (Wildman–Crippen LogP) is -0.188. The molecule has 4 atom stereocenters. The van der Waals surface area contributed by atoms with Crippen molar-refractivity contribution in [3.63, 3.8) is 0 Å². The van der Waals surface area contributed by atoms with Gasteiger partial charge in [0.25, 0.3) is 0 Å². The average Bonchev–Trinajstić information content (AvgIpc) is 3.10. The third-order valence-electron chi connectivity index (χ3n) is 4.63. The van der Waals surface area contributed by atoms with E-state index in [-0.39, 0.29) is 18.1 Å². The van der Waals surface area contributed by atoms with E-state index in [4.69, 9.17) is 10.5 Å². The maximum Gasteiger partial charge on any atom is 0.332 e. The number of hydrogen-bond donors (Lipinski definition) is 3. The molecule has 3 heterocycles. The van der Waals surface area contributed by atoms with Gasteiger partial charge in [0.15, 0.2) is 18.0 Å². The van der Waals surface area contributed by atoms with Crippen LogP contribution in [0.2, 0.25) is 0 Å². The summed E-state index contributed by atoms with van der Waals surface area (Å²) in [6, 6.07) is 9.26. The molecule has 0 spiro atoms. The summed E-state index contributed by atoms with van der Waals surface area (Å²) in [5.41, 5.74) is 6.46. The van der Waals surface area contributed by atoms with Crippen molar-refractivity contribution in [2.45, 2.75) is 31.2 Å². The van der Waals surface area contributed by atoms with Gasteiger partial charge in [0.1, 0.15) is 17.7 Å². The summed E-state index contributed by atoms with van der Waals surface area (Å²) in [5.74, 6) is -0.0731. The Hall–Kier alpha value is -2.82. The Morgan fingerprint density at radius 2 is 2.04 bits per heavy atom. The molecular formula is C17H18FN5O4. The summed E-state index contributed by atoms with van der Waals surface area (Å²) in [5, 5.41) is 19.4. The molecule has 10 heteroatoms. The van der Waals surface area contributed by atoms with Gasteiger partial charge in [0.05, 0.1) is 19.3 Å². The average molecular weight is 375 g/mol. The number of benzene rings is 1. The zero-order valence-electron chi connectivity index (χ0n) is 14.1. The van der Waals surface area contributed by atoms with Gasteiger partial charge in [-0.3, -0.25) is 4.57 Å². The van der Waals surface area contributed by atoms with Gasteiger partial charge in [-0.05, 0) is 5.56 Å². The van der Waals surface area contributed by atoms with Crippen molar-refractivity contribution in [1.82, 2.24) is 19.1 Å². The van der Waals surface area contributed by atoms with Crippen LogP contribution in [0.1, 0.15) is 11.8 Å². The van der Waals surface area contributed by atoms with Crippen LogP contribution in [0, 0.1) is 0 Å². The van der Waals surface area contributed by atoms with Crippen molar-refractivity contribution in [3.8, 4) is 0 Å². The normalized spacial score (nSPS) is 25.3. The highest BCUT2D eigenvalue weighted by atomic mass is 19.1. The molecule has 0 amide bonds. The number of nitrogen functional groups attached to an aromatic ring is 1. The summed E-state index contributed by atoms with van der Waals surface area (Å²) in [6.45, 7) is -0.398. The van der Waals surface area contributed by atoms with Gasteiger partial charge in [0, 0.05) is 0 Å². The number of imidazole rings is 1. The van der Waals surface area contributed by atoms with E-state index in [9.17, 15) is 19.4 Å². The van der Waals surface area contributed by atoms with E-state index in [2.05, 4.69) is 9.97 Å². The van der Waals surface area contributed by atoms with Crippen LogP contribution in [0.25, 0.3) is 11.2 Å². The van der Waals surface area contributed by atoms with E-state index < -0.39 is 36.9 Å². The molecule has 1 aromatic carbocycles. The monoisotopic (exact) mass is 375 g/mol. The number of aliphatic hydroxyl groups is 2. The third kappa shape index (κ3) is 2.87. The number of halogens is 1. The van der Waals surface area contributed by atoms with Crippen molar-refractivity contribution < 1.29 is 19.3 Å². The Balaban J connectivity index is 1.87. The highest BCUT2D eigenvalue weighted by Crippen LogP contribution is 2.32. The van der Waals surface area contributed by atoms with Crippen LogP contribution >= 0.6 is 0 Å². The SMILES string of the molecule is Nc1ncc2c(n1)n([C@@H]1O[C@H](CO)[C@@H](F)[C@H]1O)c(=O)n2Cc1ccccc1. The van der Waals surface area contributed by atoms with Gasteiger partial charge < -0.3 is 20.7 Å². The molecule has 4 rings (SSSR count). The van der Waals surface area contributed by atoms with E-state index >= 15 is 0 Å². The number of aromatic nitrogens is 4. The second kappa shape index (κ2) is 6.72.